The van der Waals surface area contributed by atoms with Gasteiger partial charge in [-0.15, -0.1) is 0 Å². The monoisotopic (exact) mass is 344 g/mol. The van der Waals surface area contributed by atoms with Crippen molar-refractivity contribution in [3.8, 4) is 5.75 Å². The third-order valence-electron chi connectivity index (χ3n) is 5.34. The summed E-state index contributed by atoms with van der Waals surface area (Å²) in [4.78, 5) is 37.6. The fourth-order valence-electron chi connectivity index (χ4n) is 4.24. The molecule has 2 saturated heterocycles. The molecule has 0 saturated carbocycles. The first kappa shape index (κ1) is 15.8. The second kappa shape index (κ2) is 4.66. The summed E-state index contributed by atoms with van der Waals surface area (Å²) in [5.74, 6) is -1.93. The lowest BCUT2D eigenvalue weighted by Crippen LogP contribution is -2.39. The molecule has 4 rings (SSSR count). The average molecular weight is 344 g/mol. The van der Waals surface area contributed by atoms with Gasteiger partial charge >= 0.3 is 0 Å². The molecular formula is C17H16N2O6. The normalized spacial score (nSPS) is 35.4. The van der Waals surface area contributed by atoms with E-state index in [4.69, 9.17) is 9.47 Å². The summed E-state index contributed by atoms with van der Waals surface area (Å²) in [6.07, 6.45) is 3.63. The summed E-state index contributed by atoms with van der Waals surface area (Å²) in [5.41, 5.74) is -1.83. The number of carbonyl (C=O) groups is 2. The highest BCUT2D eigenvalue weighted by Gasteiger charge is 2.70. The van der Waals surface area contributed by atoms with Crippen molar-refractivity contribution < 1.29 is 24.0 Å². The van der Waals surface area contributed by atoms with Crippen LogP contribution in [0, 0.1) is 22.0 Å². The van der Waals surface area contributed by atoms with E-state index in [2.05, 4.69) is 0 Å². The molecule has 8 heteroatoms. The van der Waals surface area contributed by atoms with Crippen LogP contribution < -0.4 is 9.64 Å². The first-order chi connectivity index (χ1) is 11.7. The van der Waals surface area contributed by atoms with Crippen molar-refractivity contribution in [2.45, 2.75) is 25.0 Å². The third-order valence-corrected chi connectivity index (χ3v) is 5.34. The van der Waals surface area contributed by atoms with E-state index >= 15 is 0 Å². The van der Waals surface area contributed by atoms with Gasteiger partial charge in [-0.25, -0.2) is 4.90 Å². The van der Waals surface area contributed by atoms with Gasteiger partial charge < -0.3 is 9.47 Å². The first-order valence-electron chi connectivity index (χ1n) is 7.83. The SMILES string of the molecule is COc1ccc([N+](=O)[O-])cc1N1C(=O)[C@@H]2[C@@H](C1=O)[C@@]1(C)C=C[C@@]2(C)O1. The highest BCUT2D eigenvalue weighted by molar-refractivity contribution is 6.24. The summed E-state index contributed by atoms with van der Waals surface area (Å²) in [7, 11) is 1.38. The number of ether oxygens (including phenoxy) is 2. The summed E-state index contributed by atoms with van der Waals surface area (Å²) in [5, 5.41) is 11.1. The van der Waals surface area contributed by atoms with Gasteiger partial charge in [0.1, 0.15) is 11.4 Å². The van der Waals surface area contributed by atoms with E-state index in [9.17, 15) is 19.7 Å². The predicted octanol–water partition coefficient (Wildman–Crippen LogP) is 1.83. The van der Waals surface area contributed by atoms with Gasteiger partial charge in [0, 0.05) is 12.1 Å². The third kappa shape index (κ3) is 1.85. The number of nitro groups is 1. The van der Waals surface area contributed by atoms with Crippen molar-refractivity contribution in [1.82, 2.24) is 0 Å². The number of benzene rings is 1. The van der Waals surface area contributed by atoms with E-state index in [-0.39, 0.29) is 17.1 Å². The standard InChI is InChI=1S/C17H16N2O6/c1-16-6-7-17(2,25-16)13-12(16)14(20)18(15(13)21)10-8-9(19(22)23)4-5-11(10)24-3/h4-8,12-13H,1-3H3/t12-,13-,16+,17+/m0/s1. The van der Waals surface area contributed by atoms with Crippen molar-refractivity contribution in [1.29, 1.82) is 0 Å². The molecular weight excluding hydrogens is 328 g/mol. The van der Waals surface area contributed by atoms with Crippen LogP contribution in [0.4, 0.5) is 11.4 Å². The Morgan fingerprint density at radius 1 is 1.16 bits per heavy atom. The Kier molecular flexibility index (Phi) is 2.94. The van der Waals surface area contributed by atoms with Gasteiger partial charge in [-0.3, -0.25) is 19.7 Å². The second-order valence-corrected chi connectivity index (χ2v) is 6.88. The van der Waals surface area contributed by atoms with Crippen molar-refractivity contribution in [3.63, 3.8) is 0 Å². The molecule has 0 unspecified atom stereocenters. The zero-order valence-corrected chi connectivity index (χ0v) is 13.9. The molecule has 130 valence electrons. The lowest BCUT2D eigenvalue weighted by molar-refractivity contribution is -0.384. The molecule has 0 N–H and O–H groups in total. The van der Waals surface area contributed by atoms with Crippen LogP contribution in [0.3, 0.4) is 0 Å². The number of anilines is 1. The van der Waals surface area contributed by atoms with E-state index in [1.807, 2.05) is 12.2 Å². The van der Waals surface area contributed by atoms with Gasteiger partial charge in [0.2, 0.25) is 11.8 Å². The molecule has 3 aliphatic rings. The van der Waals surface area contributed by atoms with Gasteiger partial charge in [0.05, 0.1) is 35.1 Å². The van der Waals surface area contributed by atoms with Crippen LogP contribution in [-0.2, 0) is 14.3 Å². The van der Waals surface area contributed by atoms with Gasteiger partial charge in [-0.1, -0.05) is 12.2 Å². The Morgan fingerprint density at radius 2 is 1.72 bits per heavy atom. The predicted molar refractivity (Wildman–Crippen MR) is 86.2 cm³/mol. The lowest BCUT2D eigenvalue weighted by atomic mass is 9.73. The Morgan fingerprint density at radius 3 is 2.20 bits per heavy atom. The maximum atomic E-state index is 13.1. The molecule has 1 aromatic carbocycles. The minimum atomic E-state index is -0.852. The number of carbonyl (C=O) groups excluding carboxylic acids is 2. The number of non-ortho nitro benzene ring substituents is 1. The number of fused-ring (bicyclic) bond motifs is 5. The van der Waals surface area contributed by atoms with E-state index in [1.54, 1.807) is 13.8 Å². The number of hydrogen-bond acceptors (Lipinski definition) is 6. The Hall–Kier alpha value is -2.74. The maximum Gasteiger partial charge on any atom is 0.271 e. The van der Waals surface area contributed by atoms with E-state index < -0.39 is 39.8 Å². The topological polar surface area (TPSA) is 99.0 Å². The molecule has 3 heterocycles. The summed E-state index contributed by atoms with van der Waals surface area (Å²) in [6, 6.07) is 3.84. The summed E-state index contributed by atoms with van der Waals surface area (Å²) >= 11 is 0. The smallest absolute Gasteiger partial charge is 0.271 e. The fraction of sp³-hybridized carbons (Fsp3) is 0.412. The van der Waals surface area contributed by atoms with E-state index in [0.29, 0.717) is 0 Å². The summed E-state index contributed by atoms with van der Waals surface area (Å²) < 4.78 is 11.2. The zero-order valence-electron chi connectivity index (χ0n) is 13.9. The van der Waals surface area contributed by atoms with Crippen LogP contribution >= 0.6 is 0 Å². The molecule has 0 radical (unpaired) electrons. The second-order valence-electron chi connectivity index (χ2n) is 6.88. The van der Waals surface area contributed by atoms with Crippen LogP contribution in [0.15, 0.2) is 30.4 Å². The Labute approximate surface area is 143 Å². The molecule has 2 fully saturated rings. The Balaban J connectivity index is 1.84. The van der Waals surface area contributed by atoms with Crippen LogP contribution in [0.5, 0.6) is 5.75 Å². The Bertz CT molecular complexity index is 829. The molecule has 3 aliphatic heterocycles. The highest BCUT2D eigenvalue weighted by Crippen LogP contribution is 2.58. The van der Waals surface area contributed by atoms with Crippen molar-refractivity contribution in [2.24, 2.45) is 11.8 Å². The fourth-order valence-corrected chi connectivity index (χ4v) is 4.24. The van der Waals surface area contributed by atoms with Crippen molar-refractivity contribution in [2.75, 3.05) is 12.0 Å². The average Bonchev–Trinajstić information content (AvgIpc) is 3.11. The van der Waals surface area contributed by atoms with Crippen LogP contribution in [0.25, 0.3) is 0 Å². The van der Waals surface area contributed by atoms with Gasteiger partial charge in [0.15, 0.2) is 0 Å². The van der Waals surface area contributed by atoms with Gasteiger partial charge in [0.25, 0.3) is 5.69 Å². The highest BCUT2D eigenvalue weighted by atomic mass is 16.6. The first-order valence-corrected chi connectivity index (χ1v) is 7.83. The quantitative estimate of drug-likeness (QED) is 0.359. The van der Waals surface area contributed by atoms with Crippen LogP contribution in [0.1, 0.15) is 13.8 Å². The molecule has 2 amide bonds. The number of nitrogens with zero attached hydrogens (tertiary/aromatic N) is 2. The minimum absolute atomic E-state index is 0.0905. The summed E-state index contributed by atoms with van der Waals surface area (Å²) in [6.45, 7) is 3.55. The molecule has 4 atom stereocenters. The van der Waals surface area contributed by atoms with Crippen LogP contribution in [-0.4, -0.2) is 35.0 Å². The molecule has 1 aromatic rings. The molecule has 0 aliphatic carbocycles. The largest absolute Gasteiger partial charge is 0.495 e. The number of hydrogen-bond donors (Lipinski definition) is 0. The number of nitro benzene ring substituents is 1. The number of rotatable bonds is 3. The van der Waals surface area contributed by atoms with Crippen LogP contribution in [0.2, 0.25) is 0 Å². The van der Waals surface area contributed by atoms with Gasteiger partial charge in [-0.2, -0.15) is 0 Å². The molecule has 0 aromatic heterocycles. The molecule has 25 heavy (non-hydrogen) atoms. The van der Waals surface area contributed by atoms with Crippen molar-refractivity contribution >= 4 is 23.2 Å². The number of methoxy groups -OCH3 is 1. The minimum Gasteiger partial charge on any atom is -0.495 e. The lowest BCUT2D eigenvalue weighted by Gasteiger charge is -2.25. The van der Waals surface area contributed by atoms with Gasteiger partial charge in [-0.05, 0) is 19.9 Å². The maximum absolute atomic E-state index is 13.1. The molecule has 8 nitrogen and oxygen atoms in total. The molecule has 0 spiro atoms. The van der Waals surface area contributed by atoms with E-state index in [1.165, 1.54) is 25.3 Å². The number of imide groups is 1. The van der Waals surface area contributed by atoms with E-state index in [0.717, 1.165) is 4.90 Å². The van der Waals surface area contributed by atoms with Crippen molar-refractivity contribution in [3.05, 3.63) is 40.5 Å². The molecule has 2 bridgehead atoms. The number of amides is 2. The zero-order chi connectivity index (χ0) is 18.1.